The average Bonchev–Trinajstić information content (AvgIpc) is 2.73. The molecule has 0 unspecified atom stereocenters. The second kappa shape index (κ2) is 7.74. The molecule has 1 rings (SSSR count). The van der Waals surface area contributed by atoms with Crippen LogP contribution in [0.25, 0.3) is 0 Å². The summed E-state index contributed by atoms with van der Waals surface area (Å²) >= 11 is 0. The molecule has 1 aromatic rings. The molecular formula is C13H25N5. The number of rotatable bonds is 7. The first-order valence-corrected chi connectivity index (χ1v) is 6.67. The fraction of sp³-hybridized carbons (Fsp3) is 0.692. The lowest BCUT2D eigenvalue weighted by Crippen LogP contribution is -2.32. The van der Waals surface area contributed by atoms with Crippen molar-refractivity contribution in [3.8, 4) is 0 Å². The number of unbranched alkanes of at least 4 members (excludes halogenated alkanes) is 1. The van der Waals surface area contributed by atoms with E-state index in [2.05, 4.69) is 40.6 Å². The monoisotopic (exact) mass is 251 g/mol. The van der Waals surface area contributed by atoms with Gasteiger partial charge >= 0.3 is 0 Å². The molecule has 1 heterocycles. The van der Waals surface area contributed by atoms with Crippen LogP contribution in [0.2, 0.25) is 0 Å². The second-order valence-electron chi connectivity index (χ2n) is 4.87. The van der Waals surface area contributed by atoms with E-state index in [0.717, 1.165) is 31.8 Å². The molecule has 3 N–H and O–H groups in total. The fourth-order valence-electron chi connectivity index (χ4n) is 1.66. The minimum absolute atomic E-state index is 0.502. The van der Waals surface area contributed by atoms with Crippen molar-refractivity contribution in [2.75, 3.05) is 6.54 Å². The summed E-state index contributed by atoms with van der Waals surface area (Å²) in [6.45, 7) is 8.91. The van der Waals surface area contributed by atoms with E-state index >= 15 is 0 Å². The van der Waals surface area contributed by atoms with Gasteiger partial charge in [-0.2, -0.15) is 0 Å². The Morgan fingerprint density at radius 3 is 3.00 bits per heavy atom. The second-order valence-corrected chi connectivity index (χ2v) is 4.87. The van der Waals surface area contributed by atoms with Crippen molar-refractivity contribution in [3.63, 3.8) is 0 Å². The summed E-state index contributed by atoms with van der Waals surface area (Å²) in [6.07, 6.45) is 6.07. The lowest BCUT2D eigenvalue weighted by molar-refractivity contribution is 0.507. The first-order valence-electron chi connectivity index (χ1n) is 6.67. The third-order valence-electron chi connectivity index (χ3n) is 2.59. The first kappa shape index (κ1) is 14.5. The van der Waals surface area contributed by atoms with Crippen LogP contribution in [0.1, 0.15) is 39.4 Å². The Labute approximate surface area is 110 Å². The van der Waals surface area contributed by atoms with Crippen molar-refractivity contribution in [1.82, 2.24) is 14.9 Å². The predicted octanol–water partition coefficient (Wildman–Crippen LogP) is 1.74. The van der Waals surface area contributed by atoms with Crippen molar-refractivity contribution in [2.45, 2.75) is 46.7 Å². The van der Waals surface area contributed by atoms with Crippen LogP contribution in [-0.4, -0.2) is 22.1 Å². The third-order valence-corrected chi connectivity index (χ3v) is 2.59. The molecule has 0 radical (unpaired) electrons. The standard InChI is InChI=1S/C13H25N5/c1-4-5-6-16-13(14)17-9-12-15-7-8-18(12)10-11(2)3/h7-8,11H,4-6,9-10H2,1-3H3,(H3,14,16,17). The molecule has 1 aromatic heterocycles. The van der Waals surface area contributed by atoms with Crippen molar-refractivity contribution >= 4 is 5.96 Å². The summed E-state index contributed by atoms with van der Waals surface area (Å²) < 4.78 is 2.13. The van der Waals surface area contributed by atoms with Crippen LogP contribution in [0.4, 0.5) is 0 Å². The highest BCUT2D eigenvalue weighted by Crippen LogP contribution is 2.04. The molecule has 0 spiro atoms. The molecule has 0 fully saturated rings. The number of nitrogens with two attached hydrogens (primary N) is 1. The molecule has 0 saturated heterocycles. The highest BCUT2D eigenvalue weighted by atomic mass is 15.1. The number of nitrogens with one attached hydrogen (secondary N) is 1. The van der Waals surface area contributed by atoms with Crippen LogP contribution in [0.5, 0.6) is 0 Å². The zero-order valence-electron chi connectivity index (χ0n) is 11.7. The highest BCUT2D eigenvalue weighted by Gasteiger charge is 2.03. The van der Waals surface area contributed by atoms with Crippen LogP contribution < -0.4 is 11.1 Å². The fourth-order valence-corrected chi connectivity index (χ4v) is 1.66. The molecule has 102 valence electrons. The maximum absolute atomic E-state index is 5.78. The summed E-state index contributed by atoms with van der Waals surface area (Å²) in [7, 11) is 0. The Kier molecular flexibility index (Phi) is 6.25. The lowest BCUT2D eigenvalue weighted by Gasteiger charge is -2.09. The number of hydrogen-bond donors (Lipinski definition) is 2. The highest BCUT2D eigenvalue weighted by molar-refractivity contribution is 5.77. The van der Waals surface area contributed by atoms with Crippen LogP contribution >= 0.6 is 0 Å². The Balaban J connectivity index is 2.46. The third kappa shape index (κ3) is 5.21. The van der Waals surface area contributed by atoms with E-state index in [1.54, 1.807) is 0 Å². The van der Waals surface area contributed by atoms with Gasteiger partial charge in [0.05, 0.1) is 0 Å². The van der Waals surface area contributed by atoms with E-state index in [0.29, 0.717) is 18.4 Å². The minimum atomic E-state index is 0.502. The van der Waals surface area contributed by atoms with Gasteiger partial charge in [-0.1, -0.05) is 27.2 Å². The molecule has 0 aliphatic rings. The van der Waals surface area contributed by atoms with E-state index in [1.165, 1.54) is 0 Å². The molecular weight excluding hydrogens is 226 g/mol. The Bertz CT molecular complexity index is 367. The van der Waals surface area contributed by atoms with Crippen molar-refractivity contribution in [3.05, 3.63) is 18.2 Å². The summed E-state index contributed by atoms with van der Waals surface area (Å²) in [5, 5.41) is 3.10. The molecule has 0 aliphatic heterocycles. The number of aromatic nitrogens is 2. The number of guanidine groups is 1. The molecule has 0 amide bonds. The van der Waals surface area contributed by atoms with Crippen LogP contribution in [0, 0.1) is 5.92 Å². The number of imidazole rings is 1. The van der Waals surface area contributed by atoms with Gasteiger partial charge in [-0.3, -0.25) is 0 Å². The quantitative estimate of drug-likeness (QED) is 0.440. The van der Waals surface area contributed by atoms with Gasteiger partial charge < -0.3 is 15.6 Å². The van der Waals surface area contributed by atoms with Gasteiger partial charge in [0.25, 0.3) is 0 Å². The van der Waals surface area contributed by atoms with E-state index in [-0.39, 0.29) is 0 Å². The van der Waals surface area contributed by atoms with Gasteiger partial charge in [-0.15, -0.1) is 0 Å². The van der Waals surface area contributed by atoms with E-state index in [1.807, 2.05) is 12.4 Å². The molecule has 0 atom stereocenters. The van der Waals surface area contributed by atoms with Crippen LogP contribution in [0.15, 0.2) is 17.4 Å². The van der Waals surface area contributed by atoms with Crippen LogP contribution in [-0.2, 0) is 13.1 Å². The van der Waals surface area contributed by atoms with Gasteiger partial charge in [0.2, 0.25) is 0 Å². The average molecular weight is 251 g/mol. The molecule has 0 saturated carbocycles. The lowest BCUT2D eigenvalue weighted by atomic mass is 10.2. The van der Waals surface area contributed by atoms with Crippen molar-refractivity contribution in [1.29, 1.82) is 0 Å². The topological polar surface area (TPSA) is 68.2 Å². The van der Waals surface area contributed by atoms with Gasteiger partial charge in [0.1, 0.15) is 12.4 Å². The molecule has 18 heavy (non-hydrogen) atoms. The molecule has 0 bridgehead atoms. The number of aliphatic imine (C=N–C) groups is 1. The predicted molar refractivity (Wildman–Crippen MR) is 75.3 cm³/mol. The zero-order valence-corrected chi connectivity index (χ0v) is 11.7. The molecule has 5 heteroatoms. The maximum Gasteiger partial charge on any atom is 0.189 e. The summed E-state index contributed by atoms with van der Waals surface area (Å²) in [6, 6.07) is 0. The summed E-state index contributed by atoms with van der Waals surface area (Å²) in [5.41, 5.74) is 5.78. The Morgan fingerprint density at radius 1 is 1.56 bits per heavy atom. The molecule has 5 nitrogen and oxygen atoms in total. The van der Waals surface area contributed by atoms with Crippen molar-refractivity contribution < 1.29 is 0 Å². The number of hydrogen-bond acceptors (Lipinski definition) is 2. The van der Waals surface area contributed by atoms with E-state index in [4.69, 9.17) is 5.73 Å². The minimum Gasteiger partial charge on any atom is -0.370 e. The SMILES string of the molecule is CCCCNC(N)=NCc1nccn1CC(C)C. The van der Waals surface area contributed by atoms with Gasteiger partial charge in [0, 0.05) is 25.5 Å². The van der Waals surface area contributed by atoms with E-state index < -0.39 is 0 Å². The van der Waals surface area contributed by atoms with Gasteiger partial charge in [-0.25, -0.2) is 9.98 Å². The largest absolute Gasteiger partial charge is 0.370 e. The smallest absolute Gasteiger partial charge is 0.189 e. The van der Waals surface area contributed by atoms with Crippen molar-refractivity contribution in [2.24, 2.45) is 16.6 Å². The normalized spacial score (nSPS) is 12.1. The van der Waals surface area contributed by atoms with E-state index in [9.17, 15) is 0 Å². The van der Waals surface area contributed by atoms with Gasteiger partial charge in [0.15, 0.2) is 5.96 Å². The molecule has 0 aromatic carbocycles. The Morgan fingerprint density at radius 2 is 2.33 bits per heavy atom. The number of nitrogens with zero attached hydrogens (tertiary/aromatic N) is 3. The maximum atomic E-state index is 5.78. The molecule has 0 aliphatic carbocycles. The zero-order chi connectivity index (χ0) is 13.4. The summed E-state index contributed by atoms with van der Waals surface area (Å²) in [5.74, 6) is 2.06. The Hall–Kier alpha value is -1.52. The van der Waals surface area contributed by atoms with Gasteiger partial charge in [-0.05, 0) is 12.3 Å². The first-order chi connectivity index (χ1) is 8.63. The summed E-state index contributed by atoms with van der Waals surface area (Å²) in [4.78, 5) is 8.62. The van der Waals surface area contributed by atoms with Crippen LogP contribution in [0.3, 0.4) is 0 Å².